The SMILES string of the molecule is [Pd+2].[c-]1c(Oc2[c-]c3c(cc2)c2cc4c(cc2n2ccnc32)c2ccccc2n4-c2ccccc2)cccc1-c1ccccn1. The molecule has 9 rings (SSSR count). The number of aromatic nitrogens is 4. The van der Waals surface area contributed by atoms with E-state index in [0.29, 0.717) is 11.5 Å². The molecular formula is C38H22N4OPd. The number of nitrogens with zero attached hydrogens (tertiary/aromatic N) is 4. The predicted octanol–water partition coefficient (Wildman–Crippen LogP) is 9.19. The van der Waals surface area contributed by atoms with Gasteiger partial charge in [-0.3, -0.25) is 4.98 Å². The summed E-state index contributed by atoms with van der Waals surface area (Å²) in [7, 11) is 0. The normalized spacial score (nSPS) is 11.5. The van der Waals surface area contributed by atoms with Gasteiger partial charge in [0.1, 0.15) is 0 Å². The molecular weight excluding hydrogens is 635 g/mol. The van der Waals surface area contributed by atoms with Crippen LogP contribution in [0.2, 0.25) is 0 Å². The summed E-state index contributed by atoms with van der Waals surface area (Å²) in [4.78, 5) is 9.20. The number of fused-ring (bicyclic) bond motifs is 9. The van der Waals surface area contributed by atoms with Crippen LogP contribution in [0, 0.1) is 12.1 Å². The third-order valence-electron chi connectivity index (χ3n) is 8.07. The molecule has 4 aromatic heterocycles. The first-order valence-electron chi connectivity index (χ1n) is 14.2. The van der Waals surface area contributed by atoms with E-state index in [2.05, 4.69) is 98.9 Å². The van der Waals surface area contributed by atoms with Crippen LogP contribution in [0.4, 0.5) is 0 Å². The maximum atomic E-state index is 6.29. The Labute approximate surface area is 266 Å². The molecule has 9 aromatic rings. The Morgan fingerprint density at radius 1 is 0.568 bits per heavy atom. The van der Waals surface area contributed by atoms with Gasteiger partial charge in [0.25, 0.3) is 0 Å². The summed E-state index contributed by atoms with van der Waals surface area (Å²) < 4.78 is 10.8. The van der Waals surface area contributed by atoms with Crippen LogP contribution < -0.4 is 4.74 Å². The van der Waals surface area contributed by atoms with Gasteiger partial charge in [0.2, 0.25) is 0 Å². The minimum atomic E-state index is 0. The Morgan fingerprint density at radius 2 is 1.36 bits per heavy atom. The molecule has 0 aliphatic heterocycles. The topological polar surface area (TPSA) is 44.4 Å². The summed E-state index contributed by atoms with van der Waals surface area (Å²) in [6.07, 6.45) is 5.64. The molecule has 0 fully saturated rings. The minimum absolute atomic E-state index is 0. The van der Waals surface area contributed by atoms with Crippen molar-refractivity contribution in [2.24, 2.45) is 0 Å². The molecule has 0 saturated carbocycles. The van der Waals surface area contributed by atoms with Crippen molar-refractivity contribution in [2.75, 3.05) is 0 Å². The number of benzene rings is 5. The van der Waals surface area contributed by atoms with Crippen molar-refractivity contribution in [3.63, 3.8) is 0 Å². The molecule has 0 aliphatic carbocycles. The first kappa shape index (κ1) is 26.4. The fourth-order valence-electron chi connectivity index (χ4n) is 6.19. The molecule has 6 heteroatoms. The van der Waals surface area contributed by atoms with Crippen molar-refractivity contribution < 1.29 is 25.2 Å². The van der Waals surface area contributed by atoms with Crippen LogP contribution in [0.15, 0.2) is 134 Å². The number of hydrogen-bond acceptors (Lipinski definition) is 3. The van der Waals surface area contributed by atoms with Crippen molar-refractivity contribution in [2.45, 2.75) is 0 Å². The molecule has 0 aliphatic rings. The Morgan fingerprint density at radius 3 is 2.25 bits per heavy atom. The number of para-hydroxylation sites is 2. The molecule has 0 bridgehead atoms. The van der Waals surface area contributed by atoms with Gasteiger partial charge >= 0.3 is 20.4 Å². The van der Waals surface area contributed by atoms with Crippen LogP contribution >= 0.6 is 0 Å². The second-order valence-corrected chi connectivity index (χ2v) is 10.6. The predicted molar refractivity (Wildman–Crippen MR) is 172 cm³/mol. The van der Waals surface area contributed by atoms with Gasteiger partial charge in [0.05, 0.1) is 16.7 Å². The van der Waals surface area contributed by atoms with E-state index in [4.69, 9.17) is 9.72 Å². The average Bonchev–Trinajstić information content (AvgIpc) is 3.69. The fraction of sp³-hybridized carbons (Fsp3) is 0. The maximum absolute atomic E-state index is 6.29. The largest absolute Gasteiger partial charge is 2.00 e. The van der Waals surface area contributed by atoms with Crippen LogP contribution in [0.5, 0.6) is 11.5 Å². The van der Waals surface area contributed by atoms with Crippen LogP contribution in [0.3, 0.4) is 0 Å². The Hall–Kier alpha value is -5.28. The Kier molecular flexibility index (Phi) is 6.27. The van der Waals surface area contributed by atoms with Crippen LogP contribution in [0.1, 0.15) is 0 Å². The molecule has 0 unspecified atom stereocenters. The van der Waals surface area contributed by atoms with Crippen molar-refractivity contribution >= 4 is 49.1 Å². The minimum Gasteiger partial charge on any atom is -0.497 e. The van der Waals surface area contributed by atoms with Crippen LogP contribution in [-0.4, -0.2) is 18.9 Å². The molecule has 4 heterocycles. The van der Waals surface area contributed by atoms with Gasteiger partial charge in [-0.15, -0.1) is 29.8 Å². The first-order chi connectivity index (χ1) is 21.3. The monoisotopic (exact) mass is 656 g/mol. The molecule has 5 aromatic carbocycles. The number of imidazole rings is 1. The Bertz CT molecular complexity index is 2480. The smallest absolute Gasteiger partial charge is 0.497 e. The maximum Gasteiger partial charge on any atom is 2.00 e. The van der Waals surface area contributed by atoms with E-state index in [1.165, 1.54) is 16.3 Å². The molecule has 0 spiro atoms. The van der Waals surface area contributed by atoms with Gasteiger partial charge < -0.3 is 18.7 Å². The first-order valence-corrected chi connectivity index (χ1v) is 14.2. The van der Waals surface area contributed by atoms with Crippen molar-refractivity contribution in [1.29, 1.82) is 0 Å². The molecule has 210 valence electrons. The second-order valence-electron chi connectivity index (χ2n) is 10.6. The molecule has 5 nitrogen and oxygen atoms in total. The molecule has 0 amide bonds. The zero-order valence-corrected chi connectivity index (χ0v) is 24.8. The fourth-order valence-corrected chi connectivity index (χ4v) is 6.19. The van der Waals surface area contributed by atoms with Gasteiger partial charge in [-0.25, -0.2) is 0 Å². The van der Waals surface area contributed by atoms with Gasteiger partial charge in [-0.2, -0.15) is 0 Å². The second kappa shape index (κ2) is 10.5. The van der Waals surface area contributed by atoms with Gasteiger partial charge in [-0.05, 0) is 47.5 Å². The summed E-state index contributed by atoms with van der Waals surface area (Å²) in [6, 6.07) is 46.4. The van der Waals surface area contributed by atoms with Crippen molar-refractivity contribution in [3.8, 4) is 28.4 Å². The van der Waals surface area contributed by atoms with E-state index in [-0.39, 0.29) is 20.4 Å². The summed E-state index contributed by atoms with van der Waals surface area (Å²) >= 11 is 0. The Balaban J connectivity index is 0.00000289. The molecule has 0 saturated heterocycles. The summed E-state index contributed by atoms with van der Waals surface area (Å²) in [5, 5.41) is 5.51. The van der Waals surface area contributed by atoms with Crippen LogP contribution in [-0.2, 0) is 20.4 Å². The van der Waals surface area contributed by atoms with Crippen LogP contribution in [0.25, 0.3) is 66.1 Å². The summed E-state index contributed by atoms with van der Waals surface area (Å²) in [5.41, 5.74) is 7.12. The third kappa shape index (κ3) is 4.11. The van der Waals surface area contributed by atoms with E-state index in [9.17, 15) is 0 Å². The molecule has 44 heavy (non-hydrogen) atoms. The molecule has 0 N–H and O–H groups in total. The number of ether oxygens (including phenoxy) is 1. The number of hydrogen-bond donors (Lipinski definition) is 0. The quantitative estimate of drug-likeness (QED) is 0.108. The number of pyridine rings is 2. The standard InChI is InChI=1S/C38H22N4O.Pd/c1-2-10-26(11-3-1)42-35-15-5-4-13-30(35)32-23-36-31(24-37(32)42)29-17-16-28(22-33(29)38-40-19-20-41(36)38)43-27-12-8-9-25(21-27)34-14-6-7-18-39-34;/h1-20,23-24H;/q-2;+2. The van der Waals surface area contributed by atoms with E-state index in [0.717, 1.165) is 49.8 Å². The van der Waals surface area contributed by atoms with Crippen molar-refractivity contribution in [1.82, 2.24) is 18.9 Å². The average molecular weight is 657 g/mol. The molecule has 0 radical (unpaired) electrons. The van der Waals surface area contributed by atoms with E-state index < -0.39 is 0 Å². The zero-order valence-electron chi connectivity index (χ0n) is 23.2. The summed E-state index contributed by atoms with van der Waals surface area (Å²) in [5.74, 6) is 1.21. The third-order valence-corrected chi connectivity index (χ3v) is 8.07. The molecule has 0 atom stereocenters. The van der Waals surface area contributed by atoms with Gasteiger partial charge in [-0.1, -0.05) is 77.5 Å². The van der Waals surface area contributed by atoms with Gasteiger partial charge in [0.15, 0.2) is 0 Å². The zero-order chi connectivity index (χ0) is 28.3. The van der Waals surface area contributed by atoms with Gasteiger partial charge in [0, 0.05) is 52.1 Å². The van der Waals surface area contributed by atoms with E-state index >= 15 is 0 Å². The summed E-state index contributed by atoms with van der Waals surface area (Å²) in [6.45, 7) is 0. The van der Waals surface area contributed by atoms with E-state index in [1.54, 1.807) is 6.20 Å². The van der Waals surface area contributed by atoms with E-state index in [1.807, 2.05) is 54.9 Å². The van der Waals surface area contributed by atoms with Crippen molar-refractivity contribution in [3.05, 3.63) is 146 Å². The number of rotatable bonds is 4.